The normalized spacial score (nSPS) is 29.2. The molecule has 3 saturated heterocycles. The number of hydrogen-bond donors (Lipinski definition) is 1. The third-order valence-electron chi connectivity index (χ3n) is 5.96. The first-order chi connectivity index (χ1) is 12.1. The molecule has 0 aromatic heterocycles. The van der Waals surface area contributed by atoms with E-state index >= 15 is 0 Å². The molecule has 2 amide bonds. The first-order valence-electron chi connectivity index (χ1n) is 9.47. The Labute approximate surface area is 149 Å². The number of anilines is 1. The summed E-state index contributed by atoms with van der Waals surface area (Å²) in [7, 11) is 0. The molecule has 2 bridgehead atoms. The van der Waals surface area contributed by atoms with Gasteiger partial charge < -0.3 is 10.2 Å². The number of fused-ring (bicyclic) bond motifs is 4. The number of rotatable bonds is 3. The molecule has 3 aliphatic heterocycles. The van der Waals surface area contributed by atoms with Gasteiger partial charge in [0.25, 0.3) is 0 Å². The summed E-state index contributed by atoms with van der Waals surface area (Å²) in [6, 6.07) is 8.32. The van der Waals surface area contributed by atoms with Gasteiger partial charge in [-0.2, -0.15) is 0 Å². The molecule has 5 nitrogen and oxygen atoms in total. The summed E-state index contributed by atoms with van der Waals surface area (Å²) in [5.74, 6) is 1.45. The van der Waals surface area contributed by atoms with Crippen LogP contribution in [0.1, 0.15) is 31.2 Å². The molecule has 0 saturated carbocycles. The number of benzene rings is 1. The molecule has 3 fully saturated rings. The Kier molecular flexibility index (Phi) is 4.50. The minimum atomic E-state index is 0.0559. The summed E-state index contributed by atoms with van der Waals surface area (Å²) < 4.78 is 0. The number of piperidine rings is 3. The summed E-state index contributed by atoms with van der Waals surface area (Å²) in [6.07, 6.45) is 4.09. The third kappa shape index (κ3) is 3.56. The summed E-state index contributed by atoms with van der Waals surface area (Å²) in [5, 5.41) is 3.00. The maximum atomic E-state index is 12.4. The molecular weight excluding hydrogens is 314 g/mol. The fraction of sp³-hybridized carbons (Fsp3) is 0.600. The molecule has 5 heteroatoms. The van der Waals surface area contributed by atoms with Crippen LogP contribution >= 0.6 is 0 Å². The van der Waals surface area contributed by atoms with Crippen molar-refractivity contribution in [1.29, 1.82) is 0 Å². The highest BCUT2D eigenvalue weighted by Crippen LogP contribution is 2.37. The number of amides is 2. The highest BCUT2D eigenvalue weighted by molar-refractivity contribution is 5.92. The minimum absolute atomic E-state index is 0.0559. The number of carbonyl (C=O) groups excluding carboxylic acids is 2. The van der Waals surface area contributed by atoms with Gasteiger partial charge in [0.05, 0.1) is 6.54 Å². The van der Waals surface area contributed by atoms with E-state index in [1.807, 2.05) is 31.2 Å². The molecule has 0 unspecified atom stereocenters. The Hall–Kier alpha value is -1.88. The minimum Gasteiger partial charge on any atom is -0.339 e. The van der Waals surface area contributed by atoms with E-state index in [1.165, 1.54) is 12.0 Å². The van der Waals surface area contributed by atoms with E-state index in [0.29, 0.717) is 30.3 Å². The van der Waals surface area contributed by atoms with E-state index in [4.69, 9.17) is 0 Å². The van der Waals surface area contributed by atoms with Crippen LogP contribution in [0.3, 0.4) is 0 Å². The molecule has 3 aliphatic rings. The number of hydrogen-bond acceptors (Lipinski definition) is 3. The SMILES string of the molecule is Cc1ccc(NC(=O)CN2C[C@H]3C[C@H](C2)[C@H]2CCCC(=O)N2C3)cc1. The Morgan fingerprint density at radius 3 is 2.80 bits per heavy atom. The van der Waals surface area contributed by atoms with Gasteiger partial charge in [-0.25, -0.2) is 0 Å². The molecule has 0 radical (unpaired) electrons. The molecular formula is C20H27N3O2. The van der Waals surface area contributed by atoms with E-state index in [1.54, 1.807) is 0 Å². The number of carbonyl (C=O) groups is 2. The molecule has 4 rings (SSSR count). The summed E-state index contributed by atoms with van der Waals surface area (Å²) in [4.78, 5) is 29.0. The van der Waals surface area contributed by atoms with E-state index in [9.17, 15) is 9.59 Å². The quantitative estimate of drug-likeness (QED) is 0.918. The van der Waals surface area contributed by atoms with E-state index in [2.05, 4.69) is 15.1 Å². The Morgan fingerprint density at radius 2 is 2.00 bits per heavy atom. The van der Waals surface area contributed by atoms with Crippen LogP contribution in [0.15, 0.2) is 24.3 Å². The van der Waals surface area contributed by atoms with Crippen molar-refractivity contribution in [3.8, 4) is 0 Å². The van der Waals surface area contributed by atoms with Gasteiger partial charge in [-0.15, -0.1) is 0 Å². The zero-order chi connectivity index (χ0) is 17.4. The zero-order valence-corrected chi connectivity index (χ0v) is 14.9. The van der Waals surface area contributed by atoms with E-state index in [0.717, 1.165) is 44.6 Å². The third-order valence-corrected chi connectivity index (χ3v) is 5.96. The predicted octanol–water partition coefficient (Wildman–Crippen LogP) is 2.27. The Bertz CT molecular complexity index is 657. The van der Waals surface area contributed by atoms with E-state index in [-0.39, 0.29) is 5.91 Å². The summed E-state index contributed by atoms with van der Waals surface area (Å²) in [6.45, 7) is 5.23. The first kappa shape index (κ1) is 16.6. The van der Waals surface area contributed by atoms with Crippen molar-refractivity contribution in [2.45, 2.75) is 38.6 Å². The van der Waals surface area contributed by atoms with Crippen LogP contribution in [0, 0.1) is 18.8 Å². The number of aryl methyl sites for hydroxylation is 1. The lowest BCUT2D eigenvalue weighted by atomic mass is 9.76. The van der Waals surface area contributed by atoms with Crippen molar-refractivity contribution in [2.24, 2.45) is 11.8 Å². The number of likely N-dealkylation sites (tertiary alicyclic amines) is 1. The van der Waals surface area contributed by atoms with Gasteiger partial charge in [-0.3, -0.25) is 14.5 Å². The highest BCUT2D eigenvalue weighted by Gasteiger charge is 2.43. The van der Waals surface area contributed by atoms with Crippen LogP contribution in [0.4, 0.5) is 5.69 Å². The van der Waals surface area contributed by atoms with Gasteiger partial charge in [-0.1, -0.05) is 17.7 Å². The molecule has 0 aliphatic carbocycles. The Balaban J connectivity index is 1.36. The molecule has 3 atom stereocenters. The van der Waals surface area contributed by atoms with Crippen LogP contribution in [0.5, 0.6) is 0 Å². The van der Waals surface area contributed by atoms with Crippen molar-refractivity contribution >= 4 is 17.5 Å². The van der Waals surface area contributed by atoms with Gasteiger partial charge in [0.1, 0.15) is 0 Å². The van der Waals surface area contributed by atoms with Gasteiger partial charge in [0.2, 0.25) is 11.8 Å². The molecule has 1 aromatic rings. The maximum Gasteiger partial charge on any atom is 0.238 e. The topological polar surface area (TPSA) is 52.7 Å². The molecule has 1 N–H and O–H groups in total. The van der Waals surface area contributed by atoms with Crippen LogP contribution in [-0.4, -0.2) is 53.8 Å². The average molecular weight is 341 g/mol. The highest BCUT2D eigenvalue weighted by atomic mass is 16.2. The zero-order valence-electron chi connectivity index (χ0n) is 14.9. The molecule has 3 heterocycles. The fourth-order valence-corrected chi connectivity index (χ4v) is 4.88. The maximum absolute atomic E-state index is 12.4. The van der Waals surface area contributed by atoms with Gasteiger partial charge in [0, 0.05) is 37.8 Å². The summed E-state index contributed by atoms with van der Waals surface area (Å²) >= 11 is 0. The van der Waals surface area contributed by atoms with Crippen molar-refractivity contribution in [1.82, 2.24) is 9.80 Å². The second-order valence-corrected chi connectivity index (χ2v) is 7.98. The smallest absolute Gasteiger partial charge is 0.238 e. The van der Waals surface area contributed by atoms with Crippen molar-refractivity contribution in [2.75, 3.05) is 31.5 Å². The molecule has 1 aromatic carbocycles. The number of nitrogens with one attached hydrogen (secondary N) is 1. The molecule has 134 valence electrons. The van der Waals surface area contributed by atoms with Crippen LogP contribution < -0.4 is 5.32 Å². The van der Waals surface area contributed by atoms with Gasteiger partial charge in [-0.05, 0) is 50.2 Å². The van der Waals surface area contributed by atoms with Gasteiger partial charge >= 0.3 is 0 Å². The standard InChI is InChI=1S/C20H27N3O2/c1-14-5-7-17(8-6-14)21-19(24)13-22-10-15-9-16(12-22)18-3-2-4-20(25)23(18)11-15/h5-8,15-16,18H,2-4,9-13H2,1H3,(H,21,24)/t15-,16-,18-/m1/s1. The largest absolute Gasteiger partial charge is 0.339 e. The fourth-order valence-electron chi connectivity index (χ4n) is 4.88. The second-order valence-electron chi connectivity index (χ2n) is 7.98. The van der Waals surface area contributed by atoms with Crippen molar-refractivity contribution in [3.63, 3.8) is 0 Å². The first-order valence-corrected chi connectivity index (χ1v) is 9.47. The van der Waals surface area contributed by atoms with Crippen molar-refractivity contribution < 1.29 is 9.59 Å². The lowest BCUT2D eigenvalue weighted by Crippen LogP contribution is -2.61. The van der Waals surface area contributed by atoms with Crippen molar-refractivity contribution in [3.05, 3.63) is 29.8 Å². The van der Waals surface area contributed by atoms with Crippen LogP contribution in [-0.2, 0) is 9.59 Å². The van der Waals surface area contributed by atoms with Crippen LogP contribution in [0.25, 0.3) is 0 Å². The molecule has 25 heavy (non-hydrogen) atoms. The summed E-state index contributed by atoms with van der Waals surface area (Å²) in [5.41, 5.74) is 2.05. The predicted molar refractivity (Wildman–Crippen MR) is 97.2 cm³/mol. The lowest BCUT2D eigenvalue weighted by Gasteiger charge is -2.52. The second kappa shape index (κ2) is 6.79. The average Bonchev–Trinajstić information content (AvgIpc) is 2.58. The number of nitrogens with zero attached hydrogens (tertiary/aromatic N) is 2. The Morgan fingerprint density at radius 1 is 1.20 bits per heavy atom. The lowest BCUT2D eigenvalue weighted by molar-refractivity contribution is -0.145. The molecule has 0 spiro atoms. The van der Waals surface area contributed by atoms with Gasteiger partial charge in [0.15, 0.2) is 0 Å². The monoisotopic (exact) mass is 341 g/mol. The van der Waals surface area contributed by atoms with E-state index < -0.39 is 0 Å². The van der Waals surface area contributed by atoms with Crippen LogP contribution in [0.2, 0.25) is 0 Å².